The molecule has 0 spiro atoms. The van der Waals surface area contributed by atoms with Crippen molar-refractivity contribution in [2.75, 3.05) is 4.98 Å². The second-order valence-electron chi connectivity index (χ2n) is 4.52. The summed E-state index contributed by atoms with van der Waals surface area (Å²) in [6, 6.07) is 7.47. The van der Waals surface area contributed by atoms with Gasteiger partial charge in [-0.2, -0.15) is 0 Å². The van der Waals surface area contributed by atoms with Gasteiger partial charge in [0.05, 0.1) is 15.7 Å². The molecule has 0 fully saturated rings. The first-order valence-corrected chi connectivity index (χ1v) is 9.60. The largest absolute Gasteiger partial charge is 0.408 e. The maximum absolute atomic E-state index is 6.35. The van der Waals surface area contributed by atoms with Crippen molar-refractivity contribution in [2.24, 2.45) is 0 Å². The summed E-state index contributed by atoms with van der Waals surface area (Å²) in [4.78, 5) is 3.69. The van der Waals surface area contributed by atoms with Crippen molar-refractivity contribution in [2.45, 2.75) is 45.8 Å². The van der Waals surface area contributed by atoms with E-state index in [1.807, 2.05) is 19.1 Å². The van der Waals surface area contributed by atoms with Crippen molar-refractivity contribution in [1.82, 2.24) is 0 Å². The second-order valence-corrected chi connectivity index (χ2v) is 10.2. The molecule has 1 aromatic rings. The molecule has 0 saturated heterocycles. The minimum Gasteiger partial charge on any atom is -0.408 e. The lowest BCUT2D eigenvalue weighted by Gasteiger charge is -2.31. The fourth-order valence-corrected chi connectivity index (χ4v) is 5.50. The Balaban J connectivity index is 3.13. The second kappa shape index (κ2) is 6.12. The summed E-state index contributed by atoms with van der Waals surface area (Å²) in [6.45, 7) is 8.77. The molecular formula is C13H21Cl2NSi. The average molecular weight is 290 g/mol. The lowest BCUT2D eigenvalue weighted by molar-refractivity contribution is 1.17. The Bertz CT molecular complexity index is 381. The highest BCUT2D eigenvalue weighted by atomic mass is 35.5. The molecule has 0 bridgehead atoms. The Hall–Kier alpha value is -0.183. The van der Waals surface area contributed by atoms with Crippen molar-refractivity contribution in [3.8, 4) is 0 Å². The quantitative estimate of drug-likeness (QED) is 0.684. The van der Waals surface area contributed by atoms with E-state index >= 15 is 0 Å². The van der Waals surface area contributed by atoms with Crippen LogP contribution in [0.1, 0.15) is 26.3 Å². The zero-order valence-corrected chi connectivity index (χ0v) is 13.5. The lowest BCUT2D eigenvalue weighted by Crippen LogP contribution is -2.41. The van der Waals surface area contributed by atoms with E-state index in [1.54, 1.807) is 0 Å². The number of benzene rings is 1. The molecule has 1 aromatic carbocycles. The van der Waals surface area contributed by atoms with E-state index in [4.69, 9.17) is 23.2 Å². The van der Waals surface area contributed by atoms with Gasteiger partial charge in [-0.05, 0) is 36.7 Å². The minimum absolute atomic E-state index is 0.729. The van der Waals surface area contributed by atoms with Gasteiger partial charge in [-0.1, -0.05) is 50.0 Å². The van der Waals surface area contributed by atoms with Gasteiger partial charge in [0.25, 0.3) is 0 Å². The highest BCUT2D eigenvalue weighted by Gasteiger charge is 2.28. The minimum atomic E-state index is -1.46. The van der Waals surface area contributed by atoms with E-state index in [-0.39, 0.29) is 0 Å². The Kier molecular flexibility index (Phi) is 5.36. The van der Waals surface area contributed by atoms with E-state index in [0.717, 1.165) is 21.3 Å². The molecule has 0 aliphatic carbocycles. The summed E-state index contributed by atoms with van der Waals surface area (Å²) in [7, 11) is -1.46. The van der Waals surface area contributed by atoms with Crippen LogP contribution in [0.5, 0.6) is 0 Å². The van der Waals surface area contributed by atoms with Gasteiger partial charge in [-0.3, -0.25) is 0 Å². The first kappa shape index (κ1) is 14.9. The van der Waals surface area contributed by atoms with Gasteiger partial charge in [0, 0.05) is 0 Å². The van der Waals surface area contributed by atoms with Crippen LogP contribution in [-0.4, -0.2) is 8.24 Å². The number of hydrogen-bond donors (Lipinski definition) is 1. The topological polar surface area (TPSA) is 12.0 Å². The molecule has 1 N–H and O–H groups in total. The summed E-state index contributed by atoms with van der Waals surface area (Å²) in [5.41, 5.74) is 2.01. The Labute approximate surface area is 116 Å². The lowest BCUT2D eigenvalue weighted by atomic mass is 10.2. The van der Waals surface area contributed by atoms with Gasteiger partial charge >= 0.3 is 0 Å². The van der Waals surface area contributed by atoms with Crippen molar-refractivity contribution in [3.63, 3.8) is 0 Å². The Morgan fingerprint density at radius 2 is 1.59 bits per heavy atom. The molecule has 1 nitrogen and oxygen atoms in total. The van der Waals surface area contributed by atoms with Gasteiger partial charge in [0.15, 0.2) is 8.24 Å². The molecule has 4 heteroatoms. The van der Waals surface area contributed by atoms with Crippen molar-refractivity contribution in [3.05, 3.63) is 27.7 Å². The molecule has 0 saturated carbocycles. The van der Waals surface area contributed by atoms with Crippen LogP contribution in [0.4, 0.5) is 5.69 Å². The van der Waals surface area contributed by atoms with E-state index in [2.05, 4.69) is 25.8 Å². The fourth-order valence-electron chi connectivity index (χ4n) is 2.05. The summed E-state index contributed by atoms with van der Waals surface area (Å²) >= 11 is 12.6. The Morgan fingerprint density at radius 1 is 1.06 bits per heavy atom. The van der Waals surface area contributed by atoms with Gasteiger partial charge in [0.1, 0.15) is 0 Å². The molecule has 0 aliphatic rings. The van der Waals surface area contributed by atoms with Crippen LogP contribution in [0, 0.1) is 6.92 Å². The predicted molar refractivity (Wildman–Crippen MR) is 82.0 cm³/mol. The summed E-state index contributed by atoms with van der Waals surface area (Å²) < 4.78 is 0. The normalized spacial score (nSPS) is 11.6. The molecule has 0 unspecified atom stereocenters. The summed E-state index contributed by atoms with van der Waals surface area (Å²) in [6.07, 6.45) is 0. The number of anilines is 1. The van der Waals surface area contributed by atoms with Crippen LogP contribution in [-0.2, 0) is 0 Å². The number of halogens is 2. The number of nitrogens with one attached hydrogen (secondary N) is 1. The van der Waals surface area contributed by atoms with E-state index in [0.29, 0.717) is 0 Å². The van der Waals surface area contributed by atoms with Gasteiger partial charge in [0.2, 0.25) is 0 Å². The molecular weight excluding hydrogens is 269 g/mol. The van der Waals surface area contributed by atoms with Gasteiger partial charge in [-0.15, -0.1) is 0 Å². The van der Waals surface area contributed by atoms with E-state index < -0.39 is 8.24 Å². The molecule has 0 amide bonds. The number of aryl methyl sites for hydroxylation is 1. The highest BCUT2D eigenvalue weighted by molar-refractivity contribution is 6.83. The maximum atomic E-state index is 6.35. The number of rotatable bonds is 5. The first-order chi connectivity index (χ1) is 7.99. The van der Waals surface area contributed by atoms with E-state index in [9.17, 15) is 0 Å². The van der Waals surface area contributed by atoms with Crippen molar-refractivity contribution >= 4 is 37.1 Å². The summed E-state index contributed by atoms with van der Waals surface area (Å²) in [5.74, 6) is 0. The molecule has 17 heavy (non-hydrogen) atoms. The maximum Gasteiger partial charge on any atom is 0.152 e. The number of hydrogen-bond acceptors (Lipinski definition) is 1. The third-order valence-corrected chi connectivity index (χ3v) is 9.35. The van der Waals surface area contributed by atoms with Crippen LogP contribution >= 0.6 is 23.2 Å². The van der Waals surface area contributed by atoms with Crippen LogP contribution in [0.2, 0.25) is 28.2 Å². The zero-order chi connectivity index (χ0) is 13.1. The highest BCUT2D eigenvalue weighted by Crippen LogP contribution is 2.36. The predicted octanol–water partition coefficient (Wildman–Crippen LogP) is 5.72. The molecule has 0 aliphatic heterocycles. The molecule has 1 rings (SSSR count). The molecule has 0 heterocycles. The van der Waals surface area contributed by atoms with Gasteiger partial charge < -0.3 is 4.98 Å². The fraction of sp³-hybridized carbons (Fsp3) is 0.538. The summed E-state index contributed by atoms with van der Waals surface area (Å²) in [5, 5.41) is 1.50. The van der Waals surface area contributed by atoms with Crippen LogP contribution in [0.3, 0.4) is 0 Å². The standard InChI is InChI=1S/C13H21Cl2NSi/c1-5-17(6-2,7-3)16-13-11(14)9-8-10(4)12(13)15/h8-9,16H,5-7H2,1-4H3. The van der Waals surface area contributed by atoms with Crippen molar-refractivity contribution in [1.29, 1.82) is 0 Å². The molecule has 96 valence electrons. The van der Waals surface area contributed by atoms with Crippen LogP contribution in [0.25, 0.3) is 0 Å². The zero-order valence-electron chi connectivity index (χ0n) is 11.0. The SMILES string of the molecule is CC[Si](CC)(CC)Nc1c(Cl)ccc(C)c1Cl. The Morgan fingerprint density at radius 3 is 2.06 bits per heavy atom. The van der Waals surface area contributed by atoms with E-state index in [1.165, 1.54) is 18.1 Å². The molecule has 0 radical (unpaired) electrons. The first-order valence-electron chi connectivity index (χ1n) is 6.22. The molecule has 0 aromatic heterocycles. The average Bonchev–Trinajstić information content (AvgIpc) is 2.36. The third kappa shape index (κ3) is 3.18. The van der Waals surface area contributed by atoms with Crippen LogP contribution in [0.15, 0.2) is 12.1 Å². The smallest absolute Gasteiger partial charge is 0.152 e. The van der Waals surface area contributed by atoms with Crippen LogP contribution < -0.4 is 4.98 Å². The monoisotopic (exact) mass is 289 g/mol. The van der Waals surface area contributed by atoms with Crippen molar-refractivity contribution < 1.29 is 0 Å². The molecule has 0 atom stereocenters. The van der Waals surface area contributed by atoms with Gasteiger partial charge in [-0.25, -0.2) is 0 Å². The third-order valence-electron chi connectivity index (χ3n) is 3.70.